The number of halogens is 1. The van der Waals surface area contributed by atoms with E-state index in [0.29, 0.717) is 36.0 Å². The number of ether oxygens (including phenoxy) is 1. The summed E-state index contributed by atoms with van der Waals surface area (Å²) in [6.07, 6.45) is 2.46. The molecular weight excluding hydrogens is 440 g/mol. The van der Waals surface area contributed by atoms with E-state index in [4.69, 9.17) is 16.3 Å². The van der Waals surface area contributed by atoms with E-state index in [9.17, 15) is 4.79 Å². The van der Waals surface area contributed by atoms with Crippen LogP contribution in [0.15, 0.2) is 66.9 Å². The molecule has 1 N–H and O–H groups in total. The lowest BCUT2D eigenvalue weighted by molar-refractivity contribution is 0.0949. The first-order valence-corrected chi connectivity index (χ1v) is 10.9. The van der Waals surface area contributed by atoms with Crippen LogP contribution in [-0.4, -0.2) is 43.9 Å². The van der Waals surface area contributed by atoms with E-state index in [-0.39, 0.29) is 5.91 Å². The Hall–Kier alpha value is -3.91. The predicted molar refractivity (Wildman–Crippen MR) is 126 cm³/mol. The normalized spacial score (nSPS) is 11.2. The fourth-order valence-electron chi connectivity index (χ4n) is 3.76. The molecule has 8 nitrogen and oxygen atoms in total. The SMILES string of the molecule is COc1ccc2c(C(=O)NCCc3nnc4ccccn34)nn(Cc3ccc(Cl)cc3)c2c1. The summed E-state index contributed by atoms with van der Waals surface area (Å²) < 4.78 is 9.10. The monoisotopic (exact) mass is 460 g/mol. The highest BCUT2D eigenvalue weighted by Gasteiger charge is 2.18. The largest absolute Gasteiger partial charge is 0.497 e. The third-order valence-electron chi connectivity index (χ3n) is 5.44. The summed E-state index contributed by atoms with van der Waals surface area (Å²) in [5.41, 5.74) is 2.99. The van der Waals surface area contributed by atoms with Crippen LogP contribution in [0, 0.1) is 0 Å². The Morgan fingerprint density at radius 2 is 1.94 bits per heavy atom. The number of amides is 1. The number of nitrogens with one attached hydrogen (secondary N) is 1. The number of aromatic nitrogens is 5. The Morgan fingerprint density at radius 3 is 2.76 bits per heavy atom. The van der Waals surface area contributed by atoms with Gasteiger partial charge in [-0.15, -0.1) is 10.2 Å². The molecule has 0 atom stereocenters. The lowest BCUT2D eigenvalue weighted by Gasteiger charge is -2.05. The third-order valence-corrected chi connectivity index (χ3v) is 5.69. The summed E-state index contributed by atoms with van der Waals surface area (Å²) in [5.74, 6) is 1.24. The number of fused-ring (bicyclic) bond motifs is 2. The van der Waals surface area contributed by atoms with Crippen LogP contribution in [0.4, 0.5) is 0 Å². The fourth-order valence-corrected chi connectivity index (χ4v) is 3.89. The summed E-state index contributed by atoms with van der Waals surface area (Å²) in [6.45, 7) is 0.913. The average Bonchev–Trinajstić information content (AvgIpc) is 3.42. The molecule has 3 aromatic heterocycles. The van der Waals surface area contributed by atoms with Gasteiger partial charge < -0.3 is 10.1 Å². The molecule has 5 aromatic rings. The van der Waals surface area contributed by atoms with Gasteiger partial charge in [0.1, 0.15) is 11.6 Å². The highest BCUT2D eigenvalue weighted by atomic mass is 35.5. The van der Waals surface area contributed by atoms with Gasteiger partial charge in [-0.25, -0.2) is 0 Å². The highest BCUT2D eigenvalue weighted by molar-refractivity contribution is 6.30. The standard InChI is InChI=1S/C24H21ClN6O2/c1-33-18-9-10-19-20(14-18)31(15-16-5-7-17(25)8-6-16)29-23(19)24(32)26-12-11-22-28-27-21-4-2-3-13-30(21)22/h2-10,13-14H,11-12,15H2,1H3,(H,26,32). The van der Waals surface area contributed by atoms with E-state index >= 15 is 0 Å². The molecule has 9 heteroatoms. The number of pyridine rings is 1. The Labute approximate surface area is 194 Å². The molecule has 0 bridgehead atoms. The molecule has 0 spiro atoms. The minimum absolute atomic E-state index is 0.242. The van der Waals surface area contributed by atoms with Gasteiger partial charge in [0.15, 0.2) is 11.3 Å². The zero-order valence-electron chi connectivity index (χ0n) is 17.9. The van der Waals surface area contributed by atoms with E-state index in [1.807, 2.05) is 75.9 Å². The lowest BCUT2D eigenvalue weighted by Crippen LogP contribution is -2.27. The van der Waals surface area contributed by atoms with Gasteiger partial charge in [-0.1, -0.05) is 29.8 Å². The van der Waals surface area contributed by atoms with E-state index in [1.54, 1.807) is 7.11 Å². The number of carbonyl (C=O) groups is 1. The van der Waals surface area contributed by atoms with Crippen molar-refractivity contribution in [1.82, 2.24) is 29.7 Å². The maximum atomic E-state index is 13.0. The molecular formula is C24H21ClN6O2. The molecule has 2 aromatic carbocycles. The van der Waals surface area contributed by atoms with E-state index in [0.717, 1.165) is 27.9 Å². The first kappa shape index (κ1) is 21.0. The molecule has 5 rings (SSSR count). The molecule has 0 saturated heterocycles. The zero-order chi connectivity index (χ0) is 22.8. The molecule has 0 aliphatic carbocycles. The molecule has 166 valence electrons. The maximum Gasteiger partial charge on any atom is 0.272 e. The second-order valence-corrected chi connectivity index (χ2v) is 8.00. The van der Waals surface area contributed by atoms with Crippen LogP contribution in [0.25, 0.3) is 16.6 Å². The minimum atomic E-state index is -0.242. The van der Waals surface area contributed by atoms with Gasteiger partial charge in [-0.2, -0.15) is 5.10 Å². The molecule has 0 fully saturated rings. The molecule has 0 saturated carbocycles. The molecule has 3 heterocycles. The van der Waals surface area contributed by atoms with Gasteiger partial charge >= 0.3 is 0 Å². The van der Waals surface area contributed by atoms with Gasteiger partial charge in [0.25, 0.3) is 5.91 Å². The van der Waals surface area contributed by atoms with Crippen molar-refractivity contribution in [2.45, 2.75) is 13.0 Å². The van der Waals surface area contributed by atoms with Gasteiger partial charge in [-0.05, 0) is 42.0 Å². The zero-order valence-corrected chi connectivity index (χ0v) is 18.7. The Kier molecular flexibility index (Phi) is 5.66. The summed E-state index contributed by atoms with van der Waals surface area (Å²) in [4.78, 5) is 13.0. The van der Waals surface area contributed by atoms with E-state index < -0.39 is 0 Å². The quantitative estimate of drug-likeness (QED) is 0.399. The number of methoxy groups -OCH3 is 1. The summed E-state index contributed by atoms with van der Waals surface area (Å²) in [5, 5.41) is 17.4. The molecule has 0 unspecified atom stereocenters. The van der Waals surface area contributed by atoms with Crippen molar-refractivity contribution in [2.75, 3.05) is 13.7 Å². The number of hydrogen-bond donors (Lipinski definition) is 1. The number of carbonyl (C=O) groups excluding carboxylic acids is 1. The number of hydrogen-bond acceptors (Lipinski definition) is 5. The van der Waals surface area contributed by atoms with Crippen molar-refractivity contribution >= 4 is 34.1 Å². The lowest BCUT2D eigenvalue weighted by atomic mass is 10.2. The minimum Gasteiger partial charge on any atom is -0.497 e. The van der Waals surface area contributed by atoms with Crippen molar-refractivity contribution in [3.63, 3.8) is 0 Å². The van der Waals surface area contributed by atoms with Gasteiger partial charge in [-0.3, -0.25) is 13.9 Å². The first-order chi connectivity index (χ1) is 16.1. The van der Waals surface area contributed by atoms with Gasteiger partial charge in [0.2, 0.25) is 0 Å². The second kappa shape index (κ2) is 8.91. The van der Waals surface area contributed by atoms with Crippen molar-refractivity contribution in [3.8, 4) is 5.75 Å². The Bertz CT molecular complexity index is 1440. The maximum absolute atomic E-state index is 13.0. The van der Waals surface area contributed by atoms with E-state index in [1.165, 1.54) is 0 Å². The molecule has 0 aliphatic rings. The van der Waals surface area contributed by atoms with Crippen molar-refractivity contribution in [1.29, 1.82) is 0 Å². The summed E-state index contributed by atoms with van der Waals surface area (Å²) in [7, 11) is 1.61. The topological polar surface area (TPSA) is 86.3 Å². The summed E-state index contributed by atoms with van der Waals surface area (Å²) >= 11 is 6.01. The van der Waals surface area contributed by atoms with Gasteiger partial charge in [0, 0.05) is 35.6 Å². The first-order valence-electron chi connectivity index (χ1n) is 10.5. The van der Waals surface area contributed by atoms with Crippen LogP contribution < -0.4 is 10.1 Å². The van der Waals surface area contributed by atoms with Crippen molar-refractivity contribution in [2.24, 2.45) is 0 Å². The Morgan fingerprint density at radius 1 is 1.09 bits per heavy atom. The van der Waals surface area contributed by atoms with Crippen LogP contribution in [0.3, 0.4) is 0 Å². The molecule has 0 radical (unpaired) electrons. The van der Waals surface area contributed by atoms with Crippen LogP contribution in [0.1, 0.15) is 21.9 Å². The average molecular weight is 461 g/mol. The third kappa shape index (κ3) is 4.25. The second-order valence-electron chi connectivity index (χ2n) is 7.57. The van der Waals surface area contributed by atoms with Crippen molar-refractivity contribution < 1.29 is 9.53 Å². The summed E-state index contributed by atoms with van der Waals surface area (Å²) in [6, 6.07) is 18.9. The highest BCUT2D eigenvalue weighted by Crippen LogP contribution is 2.25. The molecule has 0 aliphatic heterocycles. The van der Waals surface area contributed by atoms with E-state index in [2.05, 4.69) is 20.6 Å². The Balaban J connectivity index is 1.38. The number of nitrogens with zero attached hydrogens (tertiary/aromatic N) is 5. The number of rotatable bonds is 7. The van der Waals surface area contributed by atoms with Crippen LogP contribution in [0.5, 0.6) is 5.75 Å². The molecule has 1 amide bonds. The smallest absolute Gasteiger partial charge is 0.272 e. The molecule has 33 heavy (non-hydrogen) atoms. The van der Waals surface area contributed by atoms with Crippen LogP contribution in [-0.2, 0) is 13.0 Å². The van der Waals surface area contributed by atoms with Crippen LogP contribution >= 0.6 is 11.6 Å². The number of benzene rings is 2. The predicted octanol–water partition coefficient (Wildman–Crippen LogP) is 3.76. The van der Waals surface area contributed by atoms with Gasteiger partial charge in [0.05, 0.1) is 19.2 Å². The fraction of sp³-hybridized carbons (Fsp3) is 0.167. The van der Waals surface area contributed by atoms with Crippen LogP contribution in [0.2, 0.25) is 5.02 Å². The van der Waals surface area contributed by atoms with Crippen molar-refractivity contribution in [3.05, 3.63) is 89.0 Å².